The van der Waals surface area contributed by atoms with Crippen LogP contribution in [0.4, 0.5) is 10.1 Å². The second-order valence-corrected chi connectivity index (χ2v) is 7.64. The molecule has 2 aromatic carbocycles. The van der Waals surface area contributed by atoms with E-state index in [2.05, 4.69) is 27.2 Å². The summed E-state index contributed by atoms with van der Waals surface area (Å²) in [4.78, 5) is 17.7. The van der Waals surface area contributed by atoms with Crippen LogP contribution in [0.2, 0.25) is 0 Å². The van der Waals surface area contributed by atoms with E-state index in [4.69, 9.17) is 4.74 Å². The number of carbonyl (C=O) groups excluding carboxylic acids is 1. The molecule has 1 atom stereocenters. The van der Waals surface area contributed by atoms with Crippen molar-refractivity contribution >= 4 is 11.6 Å². The fourth-order valence-electron chi connectivity index (χ4n) is 4.21. The van der Waals surface area contributed by atoms with Crippen LogP contribution in [0.15, 0.2) is 48.5 Å². The average Bonchev–Trinajstić information content (AvgIpc) is 3.30. The molecular weight excluding hydrogens is 369 g/mol. The van der Waals surface area contributed by atoms with Crippen LogP contribution in [0.1, 0.15) is 30.0 Å². The van der Waals surface area contributed by atoms with Crippen LogP contribution in [-0.2, 0) is 16.1 Å². The van der Waals surface area contributed by atoms with Gasteiger partial charge in [-0.05, 0) is 42.2 Å². The van der Waals surface area contributed by atoms with E-state index in [0.717, 1.165) is 24.2 Å². The van der Waals surface area contributed by atoms with Gasteiger partial charge >= 0.3 is 0 Å². The highest BCUT2D eigenvalue weighted by atomic mass is 19.1. The second kappa shape index (κ2) is 9.37. The predicted molar refractivity (Wildman–Crippen MR) is 111 cm³/mol. The van der Waals surface area contributed by atoms with Crippen LogP contribution < -0.4 is 10.2 Å². The maximum absolute atomic E-state index is 13.4. The molecule has 2 aliphatic rings. The van der Waals surface area contributed by atoms with E-state index >= 15 is 0 Å². The van der Waals surface area contributed by atoms with Gasteiger partial charge in [0.1, 0.15) is 11.9 Å². The van der Waals surface area contributed by atoms with Gasteiger partial charge in [0.05, 0.1) is 13.2 Å². The van der Waals surface area contributed by atoms with E-state index in [0.29, 0.717) is 32.8 Å². The zero-order chi connectivity index (χ0) is 20.1. The molecule has 0 saturated carbocycles. The summed E-state index contributed by atoms with van der Waals surface area (Å²) < 4.78 is 18.9. The van der Waals surface area contributed by atoms with E-state index in [1.165, 1.54) is 30.7 Å². The number of carbonyl (C=O) groups is 1. The minimum absolute atomic E-state index is 0.0604. The Balaban J connectivity index is 1.50. The summed E-state index contributed by atoms with van der Waals surface area (Å²) in [6.07, 6.45) is 2.43. The van der Waals surface area contributed by atoms with Gasteiger partial charge in [0, 0.05) is 38.4 Å². The van der Waals surface area contributed by atoms with Crippen LogP contribution in [-0.4, -0.2) is 50.2 Å². The van der Waals surface area contributed by atoms with Crippen LogP contribution in [0, 0.1) is 5.82 Å². The number of hydrogen-bond donors (Lipinski definition) is 1. The van der Waals surface area contributed by atoms with E-state index in [9.17, 15) is 9.18 Å². The number of anilines is 1. The summed E-state index contributed by atoms with van der Waals surface area (Å²) in [5.74, 6) is -0.357. The number of benzene rings is 2. The van der Waals surface area contributed by atoms with Crippen molar-refractivity contribution in [3.63, 3.8) is 0 Å². The molecule has 2 aromatic rings. The van der Waals surface area contributed by atoms with Crippen molar-refractivity contribution < 1.29 is 13.9 Å². The van der Waals surface area contributed by atoms with Crippen molar-refractivity contribution in [3.8, 4) is 0 Å². The number of halogens is 1. The van der Waals surface area contributed by atoms with Gasteiger partial charge in [-0.3, -0.25) is 9.69 Å². The number of amides is 1. The monoisotopic (exact) mass is 397 g/mol. The van der Waals surface area contributed by atoms with Crippen molar-refractivity contribution in [3.05, 3.63) is 65.5 Å². The van der Waals surface area contributed by atoms with E-state index in [1.54, 1.807) is 12.1 Å². The summed E-state index contributed by atoms with van der Waals surface area (Å²) in [6.45, 7) is 5.17. The molecule has 5 nitrogen and oxygen atoms in total. The first-order valence-electron chi connectivity index (χ1n) is 10.4. The molecule has 2 heterocycles. The lowest BCUT2D eigenvalue weighted by Gasteiger charge is -2.34. The Morgan fingerprint density at radius 2 is 1.69 bits per heavy atom. The summed E-state index contributed by atoms with van der Waals surface area (Å²) >= 11 is 0. The Bertz CT molecular complexity index is 815. The van der Waals surface area contributed by atoms with Gasteiger partial charge in [0.25, 0.3) is 0 Å². The standard InChI is InChI=1S/C23H28FN3O2/c24-20-9-7-18(8-10-20)22(27-13-15-29-16-14-27)23(28)25-17-19-5-1-2-6-21(19)26-11-3-4-12-26/h1-2,5-10,22H,3-4,11-17H2,(H,25,28)/t22-/m1/s1. The minimum atomic E-state index is -0.446. The molecule has 2 fully saturated rings. The van der Waals surface area contributed by atoms with E-state index in [1.807, 2.05) is 12.1 Å². The van der Waals surface area contributed by atoms with Crippen molar-refractivity contribution in [2.75, 3.05) is 44.3 Å². The van der Waals surface area contributed by atoms with Crippen molar-refractivity contribution in [1.29, 1.82) is 0 Å². The lowest BCUT2D eigenvalue weighted by atomic mass is 10.0. The SMILES string of the molecule is O=C(NCc1ccccc1N1CCCC1)[C@@H](c1ccc(F)cc1)N1CCOCC1. The summed E-state index contributed by atoms with van der Waals surface area (Å²) in [5, 5.41) is 3.13. The van der Waals surface area contributed by atoms with E-state index in [-0.39, 0.29) is 11.7 Å². The number of para-hydroxylation sites is 1. The molecule has 0 unspecified atom stereocenters. The lowest BCUT2D eigenvalue weighted by molar-refractivity contribution is -0.128. The Labute approximate surface area is 171 Å². The number of nitrogens with one attached hydrogen (secondary N) is 1. The average molecular weight is 397 g/mol. The fourth-order valence-corrected chi connectivity index (χ4v) is 4.21. The lowest BCUT2D eigenvalue weighted by Crippen LogP contribution is -2.45. The first-order valence-corrected chi connectivity index (χ1v) is 10.4. The maximum Gasteiger partial charge on any atom is 0.242 e. The Morgan fingerprint density at radius 3 is 2.41 bits per heavy atom. The van der Waals surface area contributed by atoms with Crippen molar-refractivity contribution in [2.45, 2.75) is 25.4 Å². The molecule has 2 saturated heterocycles. The van der Waals surface area contributed by atoms with Crippen LogP contribution in [0.5, 0.6) is 0 Å². The molecule has 1 N–H and O–H groups in total. The first kappa shape index (κ1) is 19.9. The van der Waals surface area contributed by atoms with Crippen molar-refractivity contribution in [1.82, 2.24) is 10.2 Å². The second-order valence-electron chi connectivity index (χ2n) is 7.64. The zero-order valence-corrected chi connectivity index (χ0v) is 16.6. The molecule has 0 aromatic heterocycles. The molecule has 4 rings (SSSR count). The Kier molecular flexibility index (Phi) is 6.42. The van der Waals surface area contributed by atoms with Gasteiger partial charge in [0.2, 0.25) is 5.91 Å². The van der Waals surface area contributed by atoms with Crippen molar-refractivity contribution in [2.24, 2.45) is 0 Å². The minimum Gasteiger partial charge on any atom is -0.379 e. The molecule has 0 spiro atoms. The van der Waals surface area contributed by atoms with Gasteiger partial charge in [0.15, 0.2) is 0 Å². The van der Waals surface area contributed by atoms with Gasteiger partial charge in [-0.1, -0.05) is 30.3 Å². The summed E-state index contributed by atoms with van der Waals surface area (Å²) in [6, 6.07) is 14.1. The smallest absolute Gasteiger partial charge is 0.242 e. The largest absolute Gasteiger partial charge is 0.379 e. The number of morpholine rings is 1. The van der Waals surface area contributed by atoms with Crippen LogP contribution in [0.25, 0.3) is 0 Å². The fraction of sp³-hybridized carbons (Fsp3) is 0.435. The molecule has 0 bridgehead atoms. The first-order chi connectivity index (χ1) is 14.2. The van der Waals surface area contributed by atoms with Gasteiger partial charge in [-0.25, -0.2) is 4.39 Å². The molecule has 29 heavy (non-hydrogen) atoms. The number of rotatable bonds is 6. The molecule has 6 heteroatoms. The number of nitrogens with zero attached hydrogens (tertiary/aromatic N) is 2. The normalized spacial score (nSPS) is 18.6. The van der Waals surface area contributed by atoms with Crippen LogP contribution >= 0.6 is 0 Å². The molecule has 0 radical (unpaired) electrons. The quantitative estimate of drug-likeness (QED) is 0.814. The third-order valence-corrected chi connectivity index (χ3v) is 5.74. The van der Waals surface area contributed by atoms with E-state index < -0.39 is 6.04 Å². The Morgan fingerprint density at radius 1 is 1.00 bits per heavy atom. The highest BCUT2D eigenvalue weighted by Gasteiger charge is 2.29. The highest BCUT2D eigenvalue weighted by molar-refractivity contribution is 5.83. The Hall–Kier alpha value is -2.44. The molecule has 154 valence electrons. The molecule has 1 amide bonds. The van der Waals surface area contributed by atoms with Gasteiger partial charge in [-0.15, -0.1) is 0 Å². The highest BCUT2D eigenvalue weighted by Crippen LogP contribution is 2.26. The number of ether oxygens (including phenoxy) is 1. The molecule has 0 aliphatic carbocycles. The third-order valence-electron chi connectivity index (χ3n) is 5.74. The maximum atomic E-state index is 13.4. The topological polar surface area (TPSA) is 44.8 Å². The molecule has 2 aliphatic heterocycles. The number of hydrogen-bond acceptors (Lipinski definition) is 4. The van der Waals surface area contributed by atoms with Crippen LogP contribution in [0.3, 0.4) is 0 Å². The summed E-state index contributed by atoms with van der Waals surface area (Å²) in [5.41, 5.74) is 3.14. The van der Waals surface area contributed by atoms with Gasteiger partial charge in [-0.2, -0.15) is 0 Å². The van der Waals surface area contributed by atoms with Gasteiger partial charge < -0.3 is 15.0 Å². The predicted octanol–water partition coefficient (Wildman–Crippen LogP) is 3.12. The summed E-state index contributed by atoms with van der Waals surface area (Å²) in [7, 11) is 0. The third kappa shape index (κ3) is 4.77. The molecular formula is C23H28FN3O2. The zero-order valence-electron chi connectivity index (χ0n) is 16.6.